The number of hydrogen-bond donors (Lipinski definition) is 2. The fourth-order valence-electron chi connectivity index (χ4n) is 4.30. The summed E-state index contributed by atoms with van der Waals surface area (Å²) in [7, 11) is 0. The van der Waals surface area contributed by atoms with Crippen LogP contribution >= 0.6 is 0 Å². The number of nitrogens with one attached hydrogen (secondary N) is 2. The van der Waals surface area contributed by atoms with Gasteiger partial charge < -0.3 is 24.7 Å². The number of imidazole rings is 1. The van der Waals surface area contributed by atoms with Gasteiger partial charge in [-0.3, -0.25) is 0 Å². The molecule has 2 saturated heterocycles. The number of hydrogen-bond acceptors (Lipinski definition) is 6. The Morgan fingerprint density at radius 1 is 0.906 bits per heavy atom. The number of ether oxygens (including phenoxy) is 2. The zero-order chi connectivity index (χ0) is 22.1. The maximum absolute atomic E-state index is 14.3. The fraction of sp³-hybridized carbons (Fsp3) is 0.455. The van der Waals surface area contributed by atoms with Crippen LogP contribution < -0.4 is 10.6 Å². The van der Waals surface area contributed by atoms with Crippen LogP contribution in [-0.2, 0) is 9.47 Å². The number of nitrogens with zero attached hydrogens (tertiary/aromatic N) is 3. The van der Waals surface area contributed by atoms with Crippen LogP contribution in [0.3, 0.4) is 0 Å². The minimum absolute atomic E-state index is 0.0288. The Labute approximate surface area is 182 Å². The van der Waals surface area contributed by atoms with Crippen LogP contribution in [0.2, 0.25) is 0 Å². The summed E-state index contributed by atoms with van der Waals surface area (Å²) in [6, 6.07) is 3.50. The molecule has 4 heterocycles. The summed E-state index contributed by atoms with van der Waals surface area (Å²) >= 11 is 0. The maximum atomic E-state index is 14.3. The van der Waals surface area contributed by atoms with Crippen LogP contribution in [0.25, 0.3) is 11.0 Å². The summed E-state index contributed by atoms with van der Waals surface area (Å²) in [6.07, 6.45) is 4.91. The van der Waals surface area contributed by atoms with E-state index in [0.29, 0.717) is 49.9 Å². The Morgan fingerprint density at radius 3 is 2.25 bits per heavy atom. The smallest absolute Gasteiger partial charge is 0.208 e. The quantitative estimate of drug-likeness (QED) is 0.599. The van der Waals surface area contributed by atoms with Gasteiger partial charge in [0, 0.05) is 56.7 Å². The van der Waals surface area contributed by atoms with Gasteiger partial charge in [0.15, 0.2) is 11.6 Å². The number of aromatic nitrogens is 3. The van der Waals surface area contributed by atoms with Crippen molar-refractivity contribution in [2.75, 3.05) is 37.1 Å². The van der Waals surface area contributed by atoms with Gasteiger partial charge in [-0.15, -0.1) is 0 Å². The van der Waals surface area contributed by atoms with E-state index in [9.17, 15) is 13.2 Å². The SMILES string of the molecule is Fc1cc(F)c(Nc2nc3cnc(NC4CCOCC4)cc3n2C2CCOCC2)c(F)c1. The van der Waals surface area contributed by atoms with Gasteiger partial charge in [0.05, 0.1) is 11.7 Å². The molecular weight excluding hydrogens is 423 g/mol. The van der Waals surface area contributed by atoms with E-state index in [1.54, 1.807) is 6.20 Å². The van der Waals surface area contributed by atoms with Crippen LogP contribution in [0.5, 0.6) is 0 Å². The average Bonchev–Trinajstić information content (AvgIpc) is 3.15. The highest BCUT2D eigenvalue weighted by Crippen LogP contribution is 2.34. The van der Waals surface area contributed by atoms with Crippen molar-refractivity contribution in [3.8, 4) is 0 Å². The van der Waals surface area contributed by atoms with E-state index >= 15 is 0 Å². The lowest BCUT2D eigenvalue weighted by Gasteiger charge is -2.26. The molecule has 0 aliphatic carbocycles. The third-order valence-corrected chi connectivity index (χ3v) is 5.95. The molecule has 0 saturated carbocycles. The molecule has 0 unspecified atom stereocenters. The molecule has 0 radical (unpaired) electrons. The largest absolute Gasteiger partial charge is 0.381 e. The van der Waals surface area contributed by atoms with Crippen LogP contribution in [0.15, 0.2) is 24.4 Å². The van der Waals surface area contributed by atoms with Crippen molar-refractivity contribution in [2.24, 2.45) is 0 Å². The number of rotatable bonds is 5. The van der Waals surface area contributed by atoms with Crippen molar-refractivity contribution in [2.45, 2.75) is 37.8 Å². The minimum atomic E-state index is -1.02. The summed E-state index contributed by atoms with van der Waals surface area (Å²) in [4.78, 5) is 9.03. The average molecular weight is 447 g/mol. The summed E-state index contributed by atoms with van der Waals surface area (Å²) in [5.41, 5.74) is 0.954. The van der Waals surface area contributed by atoms with Gasteiger partial charge in [-0.1, -0.05) is 0 Å². The van der Waals surface area contributed by atoms with Gasteiger partial charge in [0.25, 0.3) is 0 Å². The van der Waals surface area contributed by atoms with Crippen molar-refractivity contribution >= 4 is 28.5 Å². The van der Waals surface area contributed by atoms with E-state index in [0.717, 1.165) is 31.2 Å². The lowest BCUT2D eigenvalue weighted by molar-refractivity contribution is 0.0711. The Kier molecular flexibility index (Phi) is 5.88. The number of anilines is 3. The van der Waals surface area contributed by atoms with Gasteiger partial charge in [-0.05, 0) is 25.7 Å². The topological polar surface area (TPSA) is 73.2 Å². The molecule has 0 bridgehead atoms. The van der Waals surface area contributed by atoms with E-state index in [-0.39, 0.29) is 18.0 Å². The van der Waals surface area contributed by atoms with Gasteiger partial charge in [0.2, 0.25) is 5.95 Å². The molecule has 10 heteroatoms. The molecule has 3 aromatic rings. The fourth-order valence-corrected chi connectivity index (χ4v) is 4.30. The molecule has 170 valence electrons. The van der Waals surface area contributed by atoms with E-state index in [2.05, 4.69) is 20.6 Å². The van der Waals surface area contributed by atoms with Gasteiger partial charge >= 0.3 is 0 Å². The number of halogens is 3. The molecule has 2 aliphatic rings. The molecule has 2 aromatic heterocycles. The zero-order valence-electron chi connectivity index (χ0n) is 17.4. The van der Waals surface area contributed by atoms with Gasteiger partial charge in [-0.25, -0.2) is 23.1 Å². The molecule has 0 atom stereocenters. The number of pyridine rings is 1. The lowest BCUT2D eigenvalue weighted by atomic mass is 10.1. The van der Waals surface area contributed by atoms with Crippen LogP contribution in [0.4, 0.5) is 30.6 Å². The van der Waals surface area contributed by atoms with E-state index in [4.69, 9.17) is 9.47 Å². The normalized spacial score (nSPS) is 18.2. The van der Waals surface area contributed by atoms with Crippen LogP contribution in [0.1, 0.15) is 31.7 Å². The molecular formula is C22H24F3N5O2. The van der Waals surface area contributed by atoms with Crippen molar-refractivity contribution in [3.05, 3.63) is 41.8 Å². The Morgan fingerprint density at radius 2 is 1.56 bits per heavy atom. The first-order chi connectivity index (χ1) is 15.6. The molecule has 2 N–H and O–H groups in total. The molecule has 0 spiro atoms. The highest BCUT2D eigenvalue weighted by atomic mass is 19.1. The first-order valence-electron chi connectivity index (χ1n) is 10.8. The van der Waals surface area contributed by atoms with E-state index < -0.39 is 23.1 Å². The second kappa shape index (κ2) is 8.95. The molecule has 2 fully saturated rings. The molecule has 2 aliphatic heterocycles. The Hall–Kier alpha value is -2.85. The van der Waals surface area contributed by atoms with Crippen molar-refractivity contribution in [3.63, 3.8) is 0 Å². The standard InChI is InChI=1S/C22H24F3N5O2/c23-13-9-16(24)21(17(25)10-13)29-22-28-18-12-26-20(27-14-1-5-31-6-2-14)11-19(18)30(22)15-3-7-32-8-4-15/h9-12,14-15H,1-8H2,(H,26,27)(H,28,29). The van der Waals surface area contributed by atoms with E-state index in [1.165, 1.54) is 0 Å². The zero-order valence-corrected chi connectivity index (χ0v) is 17.4. The second-order valence-electron chi connectivity index (χ2n) is 8.11. The summed E-state index contributed by atoms with van der Waals surface area (Å²) in [6.45, 7) is 2.59. The predicted octanol–water partition coefficient (Wildman–Crippen LogP) is 4.53. The highest BCUT2D eigenvalue weighted by Gasteiger charge is 2.24. The Bertz CT molecular complexity index is 1090. The minimum Gasteiger partial charge on any atom is -0.381 e. The van der Waals surface area contributed by atoms with Crippen LogP contribution in [0, 0.1) is 17.5 Å². The monoisotopic (exact) mass is 447 g/mol. The third-order valence-electron chi connectivity index (χ3n) is 5.95. The first-order valence-corrected chi connectivity index (χ1v) is 10.8. The summed E-state index contributed by atoms with van der Waals surface area (Å²) < 4.78 is 54.8. The van der Waals surface area contributed by atoms with Crippen molar-refractivity contribution in [1.82, 2.24) is 14.5 Å². The molecule has 32 heavy (non-hydrogen) atoms. The lowest BCUT2D eigenvalue weighted by Crippen LogP contribution is -2.28. The first kappa shape index (κ1) is 21.0. The molecule has 0 amide bonds. The summed E-state index contributed by atoms with van der Waals surface area (Å²) in [5.74, 6) is -2.03. The van der Waals surface area contributed by atoms with Crippen LogP contribution in [-0.4, -0.2) is 47.0 Å². The number of fused-ring (bicyclic) bond motifs is 1. The summed E-state index contributed by atoms with van der Waals surface area (Å²) in [5, 5.41) is 6.20. The molecule has 7 nitrogen and oxygen atoms in total. The molecule has 1 aromatic carbocycles. The molecule has 5 rings (SSSR count). The second-order valence-corrected chi connectivity index (χ2v) is 8.11. The number of benzene rings is 1. The highest BCUT2D eigenvalue weighted by molar-refractivity contribution is 5.81. The predicted molar refractivity (Wildman–Crippen MR) is 114 cm³/mol. The van der Waals surface area contributed by atoms with Gasteiger partial charge in [-0.2, -0.15) is 0 Å². The van der Waals surface area contributed by atoms with E-state index in [1.807, 2.05) is 10.6 Å². The maximum Gasteiger partial charge on any atom is 0.208 e. The third kappa shape index (κ3) is 4.24. The van der Waals surface area contributed by atoms with Crippen molar-refractivity contribution < 1.29 is 22.6 Å². The van der Waals surface area contributed by atoms with Gasteiger partial charge in [0.1, 0.15) is 22.8 Å². The van der Waals surface area contributed by atoms with Crippen molar-refractivity contribution in [1.29, 1.82) is 0 Å². The Balaban J connectivity index is 1.54.